The minimum Gasteiger partial charge on any atom is -0.377 e. The van der Waals surface area contributed by atoms with Crippen LogP contribution in [0, 0.1) is 11.7 Å². The second kappa shape index (κ2) is 9.96. The van der Waals surface area contributed by atoms with E-state index in [1.54, 1.807) is 4.57 Å². The third-order valence-corrected chi connectivity index (χ3v) is 4.58. The van der Waals surface area contributed by atoms with Crippen LogP contribution >= 0.6 is 12.2 Å². The molecule has 0 saturated carbocycles. The summed E-state index contributed by atoms with van der Waals surface area (Å²) in [7, 11) is 0. The van der Waals surface area contributed by atoms with Crippen LogP contribution in [0.4, 0.5) is 0 Å². The Morgan fingerprint density at radius 1 is 1.18 bits per heavy atom. The first-order valence-corrected chi connectivity index (χ1v) is 9.65. The zero-order valence-electron chi connectivity index (χ0n) is 15.9. The van der Waals surface area contributed by atoms with E-state index >= 15 is 0 Å². The van der Waals surface area contributed by atoms with E-state index in [9.17, 15) is 4.79 Å². The number of ether oxygens (including phenoxy) is 1. The topological polar surface area (TPSA) is 71.9 Å². The summed E-state index contributed by atoms with van der Waals surface area (Å²) in [5.74, 6) is 0.556. The highest BCUT2D eigenvalue weighted by atomic mass is 32.1. The van der Waals surface area contributed by atoms with Crippen molar-refractivity contribution in [1.82, 2.24) is 20.1 Å². The quantitative estimate of drug-likeness (QED) is 0.428. The number of hydrogen-bond acceptors (Lipinski definition) is 4. The van der Waals surface area contributed by atoms with Crippen LogP contribution in [0.5, 0.6) is 0 Å². The van der Waals surface area contributed by atoms with Crippen LogP contribution < -0.4 is 5.32 Å². The van der Waals surface area contributed by atoms with Crippen molar-refractivity contribution in [2.75, 3.05) is 13.2 Å². The number of carbonyl (C=O) groups excluding carboxylic acids is 1. The molecule has 0 spiro atoms. The second-order valence-electron chi connectivity index (χ2n) is 6.55. The molecule has 0 aliphatic carbocycles. The van der Waals surface area contributed by atoms with Crippen LogP contribution in [0.2, 0.25) is 0 Å². The Bertz CT molecular complexity index is 949. The molecule has 0 unspecified atom stereocenters. The SMILES string of the molecule is Cc1ccc(-c2n[nH]c(=S)n2CC(=O)NCCCOCc2ccccc2)cc1. The smallest absolute Gasteiger partial charge is 0.240 e. The monoisotopic (exact) mass is 396 g/mol. The Labute approximate surface area is 169 Å². The number of H-pyrrole nitrogens is 1. The Morgan fingerprint density at radius 3 is 2.68 bits per heavy atom. The molecule has 1 aromatic heterocycles. The van der Waals surface area contributed by atoms with Crippen LogP contribution in [0.15, 0.2) is 54.6 Å². The summed E-state index contributed by atoms with van der Waals surface area (Å²) < 4.78 is 7.76. The fourth-order valence-corrected chi connectivity index (χ4v) is 2.95. The molecule has 6 nitrogen and oxygen atoms in total. The third kappa shape index (κ3) is 5.61. The standard InChI is InChI=1S/C21H24N4O2S/c1-16-8-10-18(11-9-16)20-23-24-21(28)25(20)14-19(26)22-12-5-13-27-15-17-6-3-2-4-7-17/h2-4,6-11H,5,12-15H2,1H3,(H,22,26)(H,24,28). The molecule has 0 fully saturated rings. The predicted molar refractivity (Wildman–Crippen MR) is 111 cm³/mol. The number of hydrogen-bond donors (Lipinski definition) is 2. The summed E-state index contributed by atoms with van der Waals surface area (Å²) in [4.78, 5) is 12.3. The average Bonchev–Trinajstić information content (AvgIpc) is 3.06. The van der Waals surface area contributed by atoms with Crippen LogP contribution in [0.25, 0.3) is 11.4 Å². The minimum absolute atomic E-state index is 0.103. The summed E-state index contributed by atoms with van der Waals surface area (Å²) >= 11 is 5.28. The minimum atomic E-state index is -0.103. The highest BCUT2D eigenvalue weighted by Gasteiger charge is 2.12. The molecular weight excluding hydrogens is 372 g/mol. The molecule has 0 atom stereocenters. The van der Waals surface area contributed by atoms with E-state index in [2.05, 4.69) is 15.5 Å². The van der Waals surface area contributed by atoms with Gasteiger partial charge in [0, 0.05) is 18.7 Å². The highest BCUT2D eigenvalue weighted by molar-refractivity contribution is 7.71. The van der Waals surface area contributed by atoms with Crippen molar-refractivity contribution >= 4 is 18.1 Å². The van der Waals surface area contributed by atoms with Gasteiger partial charge in [-0.1, -0.05) is 60.2 Å². The molecule has 3 rings (SSSR count). The molecule has 3 aromatic rings. The van der Waals surface area contributed by atoms with Crippen LogP contribution in [-0.4, -0.2) is 33.8 Å². The number of nitrogens with one attached hydrogen (secondary N) is 2. The van der Waals surface area contributed by atoms with Gasteiger partial charge < -0.3 is 10.1 Å². The highest BCUT2D eigenvalue weighted by Crippen LogP contribution is 2.17. The fraction of sp³-hybridized carbons (Fsp3) is 0.286. The number of rotatable bonds is 9. The molecule has 7 heteroatoms. The Kier molecular flexibility index (Phi) is 7.11. The first kappa shape index (κ1) is 20.0. The van der Waals surface area contributed by atoms with Crippen molar-refractivity contribution in [1.29, 1.82) is 0 Å². The summed E-state index contributed by atoms with van der Waals surface area (Å²) in [6.07, 6.45) is 0.750. The molecule has 2 N–H and O–H groups in total. The van der Waals surface area contributed by atoms with Gasteiger partial charge in [0.25, 0.3) is 0 Å². The molecule has 0 bridgehead atoms. The number of aryl methyl sites for hydroxylation is 1. The molecule has 28 heavy (non-hydrogen) atoms. The summed E-state index contributed by atoms with van der Waals surface area (Å²) in [6.45, 7) is 3.88. The maximum absolute atomic E-state index is 12.3. The molecule has 146 valence electrons. The largest absolute Gasteiger partial charge is 0.377 e. The Hall–Kier alpha value is -2.77. The summed E-state index contributed by atoms with van der Waals surface area (Å²) in [5, 5.41) is 9.94. The lowest BCUT2D eigenvalue weighted by molar-refractivity contribution is -0.121. The number of nitrogens with zero attached hydrogens (tertiary/aromatic N) is 2. The first-order valence-electron chi connectivity index (χ1n) is 9.24. The van der Waals surface area contributed by atoms with Gasteiger partial charge in [-0.25, -0.2) is 0 Å². The van der Waals surface area contributed by atoms with Gasteiger partial charge in [-0.05, 0) is 31.1 Å². The normalized spacial score (nSPS) is 10.8. The van der Waals surface area contributed by atoms with Gasteiger partial charge in [0.1, 0.15) is 6.54 Å². The van der Waals surface area contributed by atoms with E-state index in [1.165, 1.54) is 0 Å². The number of amides is 1. The Balaban J connectivity index is 1.44. The van der Waals surface area contributed by atoms with Crippen molar-refractivity contribution in [2.45, 2.75) is 26.5 Å². The van der Waals surface area contributed by atoms with E-state index < -0.39 is 0 Å². The number of carbonyl (C=O) groups is 1. The molecule has 0 aliphatic heterocycles. The van der Waals surface area contributed by atoms with E-state index in [1.807, 2.05) is 61.5 Å². The van der Waals surface area contributed by atoms with E-state index in [4.69, 9.17) is 17.0 Å². The maximum atomic E-state index is 12.3. The van der Waals surface area contributed by atoms with Crippen molar-refractivity contribution in [2.24, 2.45) is 0 Å². The van der Waals surface area contributed by atoms with Gasteiger partial charge >= 0.3 is 0 Å². The molecule has 1 heterocycles. The Morgan fingerprint density at radius 2 is 1.93 bits per heavy atom. The molecule has 1 amide bonds. The van der Waals surface area contributed by atoms with Gasteiger partial charge in [-0.2, -0.15) is 5.10 Å². The van der Waals surface area contributed by atoms with Crippen molar-refractivity contribution in [3.63, 3.8) is 0 Å². The van der Waals surface area contributed by atoms with E-state index in [0.717, 1.165) is 23.1 Å². The van der Waals surface area contributed by atoms with Crippen molar-refractivity contribution < 1.29 is 9.53 Å². The third-order valence-electron chi connectivity index (χ3n) is 4.27. The number of benzene rings is 2. The van der Waals surface area contributed by atoms with Gasteiger partial charge in [-0.3, -0.25) is 14.5 Å². The lowest BCUT2D eigenvalue weighted by atomic mass is 10.1. The van der Waals surface area contributed by atoms with Crippen LogP contribution in [0.3, 0.4) is 0 Å². The first-order chi connectivity index (χ1) is 13.6. The molecular formula is C21H24N4O2S. The molecule has 0 radical (unpaired) electrons. The lowest BCUT2D eigenvalue weighted by Gasteiger charge is -2.09. The van der Waals surface area contributed by atoms with Crippen molar-refractivity contribution in [3.05, 3.63) is 70.5 Å². The van der Waals surface area contributed by atoms with Gasteiger partial charge in [0.15, 0.2) is 10.6 Å². The van der Waals surface area contributed by atoms with Crippen LogP contribution in [-0.2, 0) is 22.7 Å². The van der Waals surface area contributed by atoms with Crippen molar-refractivity contribution in [3.8, 4) is 11.4 Å². The van der Waals surface area contributed by atoms with Gasteiger partial charge in [0.05, 0.1) is 6.61 Å². The zero-order valence-corrected chi connectivity index (χ0v) is 16.7. The number of aromatic nitrogens is 3. The lowest BCUT2D eigenvalue weighted by Crippen LogP contribution is -2.29. The average molecular weight is 397 g/mol. The van der Waals surface area contributed by atoms with E-state index in [-0.39, 0.29) is 12.5 Å². The molecule has 0 saturated heterocycles. The maximum Gasteiger partial charge on any atom is 0.240 e. The predicted octanol–water partition coefficient (Wildman–Crippen LogP) is 3.64. The molecule has 2 aromatic carbocycles. The van der Waals surface area contributed by atoms with Gasteiger partial charge in [-0.15, -0.1) is 0 Å². The van der Waals surface area contributed by atoms with Gasteiger partial charge in [0.2, 0.25) is 5.91 Å². The zero-order chi connectivity index (χ0) is 19.8. The van der Waals surface area contributed by atoms with E-state index in [0.29, 0.717) is 30.4 Å². The number of aromatic amines is 1. The molecule has 0 aliphatic rings. The fourth-order valence-electron chi connectivity index (χ4n) is 2.75. The summed E-state index contributed by atoms with van der Waals surface area (Å²) in [6, 6.07) is 18.0. The summed E-state index contributed by atoms with van der Waals surface area (Å²) in [5.41, 5.74) is 3.22. The second-order valence-corrected chi connectivity index (χ2v) is 6.93. The van der Waals surface area contributed by atoms with Crippen LogP contribution in [0.1, 0.15) is 17.5 Å².